The van der Waals surface area contributed by atoms with Gasteiger partial charge in [-0.25, -0.2) is 4.79 Å². The summed E-state index contributed by atoms with van der Waals surface area (Å²) in [5.74, 6) is 0.0727. The number of carbonyl (C=O) groups is 2. The minimum absolute atomic E-state index is 0.101. The molecule has 7 heteroatoms. The van der Waals surface area contributed by atoms with Gasteiger partial charge in [0.1, 0.15) is 11.4 Å². The van der Waals surface area contributed by atoms with Crippen molar-refractivity contribution in [1.82, 2.24) is 4.98 Å². The topological polar surface area (TPSA) is 84.9 Å². The first-order valence-corrected chi connectivity index (χ1v) is 9.12. The number of fused-ring (bicyclic) bond motifs is 1. The first kappa shape index (κ1) is 18.3. The summed E-state index contributed by atoms with van der Waals surface area (Å²) in [5.41, 5.74) is 1.46. The third-order valence-electron chi connectivity index (χ3n) is 4.72. The molecule has 0 atom stereocenters. The second kappa shape index (κ2) is 8.23. The van der Waals surface area contributed by atoms with Crippen LogP contribution in [0, 0.1) is 0 Å². The predicted octanol–water partition coefficient (Wildman–Crippen LogP) is 1.36. The fourth-order valence-electron chi connectivity index (χ4n) is 3.42. The quantitative estimate of drug-likeness (QED) is 0.679. The molecule has 3 rings (SSSR count). The third kappa shape index (κ3) is 3.99. The fraction of sp³-hybridized carbons (Fsp3) is 0.474. The summed E-state index contributed by atoms with van der Waals surface area (Å²) in [6, 6.07) is 5.43. The zero-order chi connectivity index (χ0) is 18.5. The molecule has 2 aromatic rings. The van der Waals surface area contributed by atoms with E-state index in [0.717, 1.165) is 36.8 Å². The summed E-state index contributed by atoms with van der Waals surface area (Å²) in [6.45, 7) is 4.45. The van der Waals surface area contributed by atoms with Crippen molar-refractivity contribution in [3.63, 3.8) is 0 Å². The number of benzene rings is 1. The molecule has 140 valence electrons. The summed E-state index contributed by atoms with van der Waals surface area (Å²) in [4.78, 5) is 29.2. The van der Waals surface area contributed by atoms with Crippen LogP contribution in [0.5, 0.6) is 5.75 Å². The molecule has 3 N–H and O–H groups in total. The van der Waals surface area contributed by atoms with Crippen molar-refractivity contribution in [3.8, 4) is 5.75 Å². The minimum atomic E-state index is -0.483. The number of aromatic nitrogens is 1. The SMILES string of the molecule is CCOC(=O)c1[nH]c2ccc(OC)cc2c1NC(=O)C[NH+]1CCCCC1. The number of aromatic amines is 1. The molecule has 0 aliphatic carbocycles. The number of anilines is 1. The monoisotopic (exact) mass is 360 g/mol. The van der Waals surface area contributed by atoms with Gasteiger partial charge in [0.25, 0.3) is 5.91 Å². The minimum Gasteiger partial charge on any atom is -0.497 e. The number of nitrogens with one attached hydrogen (secondary N) is 3. The van der Waals surface area contributed by atoms with E-state index in [1.807, 2.05) is 6.07 Å². The van der Waals surface area contributed by atoms with Crippen molar-refractivity contribution in [2.75, 3.05) is 38.7 Å². The molecule has 0 bridgehead atoms. The maximum absolute atomic E-state index is 12.6. The van der Waals surface area contributed by atoms with Gasteiger partial charge < -0.3 is 24.7 Å². The van der Waals surface area contributed by atoms with Gasteiger partial charge in [-0.05, 0) is 44.4 Å². The Kier molecular flexibility index (Phi) is 5.78. The van der Waals surface area contributed by atoms with Crippen LogP contribution in [-0.4, -0.2) is 50.2 Å². The van der Waals surface area contributed by atoms with Crippen molar-refractivity contribution < 1.29 is 24.0 Å². The first-order chi connectivity index (χ1) is 12.6. The Morgan fingerprint density at radius 2 is 2.00 bits per heavy atom. The van der Waals surface area contributed by atoms with Crippen LogP contribution in [0.4, 0.5) is 5.69 Å². The van der Waals surface area contributed by atoms with Crippen molar-refractivity contribution in [3.05, 3.63) is 23.9 Å². The molecule has 0 spiro atoms. The van der Waals surface area contributed by atoms with Crippen LogP contribution in [0.2, 0.25) is 0 Å². The Bertz CT molecular complexity index is 793. The lowest BCUT2D eigenvalue weighted by molar-refractivity contribution is -0.896. The second-order valence-electron chi connectivity index (χ2n) is 6.54. The Hall–Kier alpha value is -2.54. The van der Waals surface area contributed by atoms with Crippen LogP contribution >= 0.6 is 0 Å². The number of hydrogen-bond acceptors (Lipinski definition) is 4. The van der Waals surface area contributed by atoms with Crippen LogP contribution in [-0.2, 0) is 9.53 Å². The van der Waals surface area contributed by atoms with Gasteiger partial charge in [-0.1, -0.05) is 0 Å². The first-order valence-electron chi connectivity index (χ1n) is 9.12. The van der Waals surface area contributed by atoms with E-state index in [-0.39, 0.29) is 18.2 Å². The van der Waals surface area contributed by atoms with E-state index >= 15 is 0 Å². The van der Waals surface area contributed by atoms with Crippen molar-refractivity contribution in [2.24, 2.45) is 0 Å². The maximum atomic E-state index is 12.6. The highest BCUT2D eigenvalue weighted by atomic mass is 16.5. The van der Waals surface area contributed by atoms with Gasteiger partial charge in [0.05, 0.1) is 32.5 Å². The number of hydrogen-bond donors (Lipinski definition) is 3. The zero-order valence-electron chi connectivity index (χ0n) is 15.3. The number of carbonyl (C=O) groups excluding carboxylic acids is 2. The summed E-state index contributed by atoms with van der Waals surface area (Å²) in [5, 5.41) is 3.65. The van der Waals surface area contributed by atoms with Gasteiger partial charge in [0.15, 0.2) is 6.54 Å². The van der Waals surface area contributed by atoms with Crippen molar-refractivity contribution in [2.45, 2.75) is 26.2 Å². The van der Waals surface area contributed by atoms with E-state index in [0.29, 0.717) is 18.0 Å². The average Bonchev–Trinajstić information content (AvgIpc) is 3.00. The van der Waals surface area contributed by atoms with E-state index < -0.39 is 5.97 Å². The lowest BCUT2D eigenvalue weighted by Crippen LogP contribution is -3.13. The van der Waals surface area contributed by atoms with E-state index in [1.165, 1.54) is 11.3 Å². The Morgan fingerprint density at radius 1 is 1.23 bits per heavy atom. The van der Waals surface area contributed by atoms with Gasteiger partial charge in [0, 0.05) is 10.9 Å². The normalized spacial score (nSPS) is 15.0. The van der Waals surface area contributed by atoms with Gasteiger partial charge in [-0.3, -0.25) is 4.79 Å². The van der Waals surface area contributed by atoms with Crippen LogP contribution < -0.4 is 15.0 Å². The van der Waals surface area contributed by atoms with Gasteiger partial charge >= 0.3 is 5.97 Å². The molecule has 2 heterocycles. The summed E-state index contributed by atoms with van der Waals surface area (Å²) < 4.78 is 10.4. The third-order valence-corrected chi connectivity index (χ3v) is 4.72. The van der Waals surface area contributed by atoms with E-state index in [4.69, 9.17) is 9.47 Å². The number of quaternary nitrogens is 1. The van der Waals surface area contributed by atoms with Crippen molar-refractivity contribution in [1.29, 1.82) is 0 Å². The van der Waals surface area contributed by atoms with Crippen LogP contribution in [0.1, 0.15) is 36.7 Å². The number of amides is 1. The molecule has 0 saturated carbocycles. The highest BCUT2D eigenvalue weighted by Gasteiger charge is 2.23. The summed E-state index contributed by atoms with van der Waals surface area (Å²) >= 11 is 0. The standard InChI is InChI=1S/C19H25N3O4/c1-3-26-19(24)18-17(14-11-13(25-2)7-8-15(14)20-18)21-16(23)12-22-9-5-4-6-10-22/h7-8,11,20H,3-6,9-10,12H2,1-2H3,(H,21,23)/p+1. The summed E-state index contributed by atoms with van der Waals surface area (Å²) in [6.07, 6.45) is 3.54. The lowest BCUT2D eigenvalue weighted by Gasteiger charge is -2.22. The number of rotatable bonds is 6. The van der Waals surface area contributed by atoms with E-state index in [2.05, 4.69) is 10.3 Å². The molecule has 7 nitrogen and oxygen atoms in total. The van der Waals surface area contributed by atoms with E-state index in [9.17, 15) is 9.59 Å². The molecular formula is C19H26N3O4+. The Balaban J connectivity index is 1.88. The van der Waals surface area contributed by atoms with Crippen LogP contribution in [0.15, 0.2) is 18.2 Å². The number of piperidine rings is 1. The largest absolute Gasteiger partial charge is 0.497 e. The van der Waals surface area contributed by atoms with Crippen molar-refractivity contribution >= 4 is 28.5 Å². The second-order valence-corrected chi connectivity index (χ2v) is 6.54. The molecule has 1 aliphatic heterocycles. The highest BCUT2D eigenvalue weighted by molar-refractivity contribution is 6.11. The molecule has 1 aromatic carbocycles. The predicted molar refractivity (Wildman–Crippen MR) is 98.9 cm³/mol. The number of H-pyrrole nitrogens is 1. The van der Waals surface area contributed by atoms with Gasteiger partial charge in [0.2, 0.25) is 0 Å². The molecule has 26 heavy (non-hydrogen) atoms. The Morgan fingerprint density at radius 3 is 2.69 bits per heavy atom. The van der Waals surface area contributed by atoms with Crippen LogP contribution in [0.25, 0.3) is 10.9 Å². The molecule has 1 amide bonds. The van der Waals surface area contributed by atoms with Gasteiger partial charge in [-0.15, -0.1) is 0 Å². The number of likely N-dealkylation sites (tertiary alicyclic amines) is 1. The molecular weight excluding hydrogens is 334 g/mol. The molecule has 1 aromatic heterocycles. The number of esters is 1. The van der Waals surface area contributed by atoms with Crippen LogP contribution in [0.3, 0.4) is 0 Å². The maximum Gasteiger partial charge on any atom is 0.356 e. The fourth-order valence-corrected chi connectivity index (χ4v) is 3.42. The molecule has 0 radical (unpaired) electrons. The molecule has 1 aliphatic rings. The number of methoxy groups -OCH3 is 1. The molecule has 0 unspecified atom stereocenters. The Labute approximate surface area is 152 Å². The summed E-state index contributed by atoms with van der Waals surface area (Å²) in [7, 11) is 1.58. The zero-order valence-corrected chi connectivity index (χ0v) is 15.3. The molecule has 1 saturated heterocycles. The smallest absolute Gasteiger partial charge is 0.356 e. The average molecular weight is 360 g/mol. The van der Waals surface area contributed by atoms with E-state index in [1.54, 1.807) is 26.2 Å². The molecule has 1 fully saturated rings. The lowest BCUT2D eigenvalue weighted by atomic mass is 10.1. The van der Waals surface area contributed by atoms with Gasteiger partial charge in [-0.2, -0.15) is 0 Å². The number of ether oxygens (including phenoxy) is 2. The highest BCUT2D eigenvalue weighted by Crippen LogP contribution is 2.31.